The highest BCUT2D eigenvalue weighted by Crippen LogP contribution is 2.33. The number of nitrogens with one attached hydrogen (secondary N) is 3. The van der Waals surface area contributed by atoms with Crippen LogP contribution >= 0.6 is 11.3 Å². The summed E-state index contributed by atoms with van der Waals surface area (Å²) in [6, 6.07) is 11.8. The number of aromatic nitrogens is 5. The molecule has 3 aromatic heterocycles. The molecule has 3 heterocycles. The molecule has 5 N–H and O–H groups in total. The van der Waals surface area contributed by atoms with Gasteiger partial charge in [0.05, 0.1) is 23.6 Å². The van der Waals surface area contributed by atoms with E-state index >= 15 is 0 Å². The molecule has 0 bridgehead atoms. The van der Waals surface area contributed by atoms with E-state index in [-0.39, 0.29) is 5.91 Å². The van der Waals surface area contributed by atoms with E-state index in [9.17, 15) is 4.79 Å². The molecule has 0 aliphatic carbocycles. The lowest BCUT2D eigenvalue weighted by atomic mass is 9.99. The van der Waals surface area contributed by atoms with Crippen LogP contribution in [0.5, 0.6) is 0 Å². The van der Waals surface area contributed by atoms with Crippen molar-refractivity contribution in [2.24, 2.45) is 5.73 Å². The standard InChI is InChI=1S/C21H17N7OS/c22-7-12-2-1-3-13(4-12)16-5-14-8-25-28-17(14)6-18(16)26-20(29)19-11-30-21(27-19)15-9-23-24-10-15/h1-6,8-11H,7,22H2,(H,23,24)(H,25,28)(H,26,29). The van der Waals surface area contributed by atoms with Gasteiger partial charge in [-0.2, -0.15) is 10.2 Å². The number of nitrogens with two attached hydrogens (primary N) is 1. The quantitative estimate of drug-likeness (QED) is 0.347. The molecule has 0 atom stereocenters. The molecule has 0 saturated carbocycles. The number of hydrogen-bond acceptors (Lipinski definition) is 6. The molecule has 9 heteroatoms. The molecular weight excluding hydrogens is 398 g/mol. The van der Waals surface area contributed by atoms with E-state index in [1.54, 1.807) is 24.0 Å². The van der Waals surface area contributed by atoms with Crippen molar-refractivity contribution < 1.29 is 4.79 Å². The fourth-order valence-electron chi connectivity index (χ4n) is 3.26. The van der Waals surface area contributed by atoms with Crippen LogP contribution < -0.4 is 11.1 Å². The number of anilines is 1. The monoisotopic (exact) mass is 415 g/mol. The SMILES string of the molecule is NCc1cccc(-c2cc3cn[nH]c3cc2NC(=O)c2csc(-c3cn[nH]c3)n2)c1. The zero-order valence-corrected chi connectivity index (χ0v) is 16.5. The van der Waals surface area contributed by atoms with Crippen LogP contribution in [0.25, 0.3) is 32.6 Å². The summed E-state index contributed by atoms with van der Waals surface area (Å²) in [5.41, 5.74) is 11.4. The zero-order chi connectivity index (χ0) is 20.5. The minimum atomic E-state index is -0.281. The van der Waals surface area contributed by atoms with Crippen LogP contribution in [-0.2, 0) is 6.54 Å². The van der Waals surface area contributed by atoms with Crippen molar-refractivity contribution in [3.8, 4) is 21.7 Å². The summed E-state index contributed by atoms with van der Waals surface area (Å²) >= 11 is 1.39. The number of benzene rings is 2. The van der Waals surface area contributed by atoms with Gasteiger partial charge >= 0.3 is 0 Å². The summed E-state index contributed by atoms with van der Waals surface area (Å²) in [5.74, 6) is -0.281. The summed E-state index contributed by atoms with van der Waals surface area (Å²) in [7, 11) is 0. The van der Waals surface area contributed by atoms with Gasteiger partial charge in [-0.3, -0.25) is 15.0 Å². The predicted octanol–water partition coefficient (Wildman–Crippen LogP) is 3.79. The lowest BCUT2D eigenvalue weighted by molar-refractivity contribution is 0.102. The molecule has 0 spiro atoms. The van der Waals surface area contributed by atoms with Gasteiger partial charge in [0.1, 0.15) is 10.7 Å². The first-order chi connectivity index (χ1) is 14.7. The largest absolute Gasteiger partial charge is 0.326 e. The molecule has 0 fully saturated rings. The molecule has 0 aliphatic heterocycles. The second kappa shape index (κ2) is 7.54. The molecule has 5 aromatic rings. The summed E-state index contributed by atoms with van der Waals surface area (Å²) in [4.78, 5) is 17.4. The van der Waals surface area contributed by atoms with E-state index in [0.717, 1.165) is 38.2 Å². The molecule has 148 valence electrons. The second-order valence-corrected chi connectivity index (χ2v) is 7.60. The van der Waals surface area contributed by atoms with Crippen LogP contribution in [0.4, 0.5) is 5.69 Å². The van der Waals surface area contributed by atoms with Crippen molar-refractivity contribution >= 4 is 33.8 Å². The van der Waals surface area contributed by atoms with Crippen LogP contribution in [-0.4, -0.2) is 31.3 Å². The van der Waals surface area contributed by atoms with Crippen molar-refractivity contribution in [3.63, 3.8) is 0 Å². The van der Waals surface area contributed by atoms with Gasteiger partial charge in [0.15, 0.2) is 0 Å². The van der Waals surface area contributed by atoms with Gasteiger partial charge in [0, 0.05) is 34.6 Å². The molecule has 30 heavy (non-hydrogen) atoms. The molecular formula is C21H17N7OS. The number of carbonyl (C=O) groups excluding carboxylic acids is 1. The highest BCUT2D eigenvalue weighted by molar-refractivity contribution is 7.13. The van der Waals surface area contributed by atoms with Gasteiger partial charge in [-0.25, -0.2) is 4.98 Å². The number of carbonyl (C=O) groups is 1. The molecule has 8 nitrogen and oxygen atoms in total. The predicted molar refractivity (Wildman–Crippen MR) is 117 cm³/mol. The summed E-state index contributed by atoms with van der Waals surface area (Å²) in [6.07, 6.45) is 5.18. The maximum absolute atomic E-state index is 12.9. The maximum Gasteiger partial charge on any atom is 0.275 e. The minimum absolute atomic E-state index is 0.281. The van der Waals surface area contributed by atoms with E-state index < -0.39 is 0 Å². The highest BCUT2D eigenvalue weighted by atomic mass is 32.1. The lowest BCUT2D eigenvalue weighted by Gasteiger charge is -2.12. The first-order valence-corrected chi connectivity index (χ1v) is 10.1. The van der Waals surface area contributed by atoms with Gasteiger partial charge in [-0.05, 0) is 29.3 Å². The summed E-state index contributed by atoms with van der Waals surface area (Å²) in [5, 5.41) is 20.2. The molecule has 1 amide bonds. The first-order valence-electron chi connectivity index (χ1n) is 9.24. The number of aromatic amines is 2. The number of fused-ring (bicyclic) bond motifs is 1. The Morgan fingerprint density at radius 1 is 1.13 bits per heavy atom. The topological polar surface area (TPSA) is 125 Å². The number of H-pyrrole nitrogens is 2. The first kappa shape index (κ1) is 18.2. The van der Waals surface area contributed by atoms with Crippen molar-refractivity contribution in [2.75, 3.05) is 5.32 Å². The Labute approximate surface area is 175 Å². The van der Waals surface area contributed by atoms with Gasteiger partial charge in [0.25, 0.3) is 5.91 Å². The molecule has 2 aromatic carbocycles. The van der Waals surface area contributed by atoms with Crippen LogP contribution in [0.15, 0.2) is 60.4 Å². The Kier molecular flexibility index (Phi) is 4.58. The number of rotatable bonds is 5. The van der Waals surface area contributed by atoms with Crippen LogP contribution in [0.1, 0.15) is 16.1 Å². The third-order valence-electron chi connectivity index (χ3n) is 4.78. The normalized spacial score (nSPS) is 11.1. The fourth-order valence-corrected chi connectivity index (χ4v) is 4.05. The maximum atomic E-state index is 12.9. The van der Waals surface area contributed by atoms with E-state index in [1.807, 2.05) is 36.4 Å². The Bertz CT molecular complexity index is 1340. The van der Waals surface area contributed by atoms with Crippen LogP contribution in [0.2, 0.25) is 0 Å². The lowest BCUT2D eigenvalue weighted by Crippen LogP contribution is -2.13. The van der Waals surface area contributed by atoms with Crippen LogP contribution in [0, 0.1) is 0 Å². The number of nitrogens with zero attached hydrogens (tertiary/aromatic N) is 3. The van der Waals surface area contributed by atoms with Crippen molar-refractivity contribution in [1.82, 2.24) is 25.4 Å². The van der Waals surface area contributed by atoms with Crippen molar-refractivity contribution in [2.45, 2.75) is 6.54 Å². The Balaban J connectivity index is 1.52. The van der Waals surface area contributed by atoms with E-state index in [4.69, 9.17) is 5.73 Å². The van der Waals surface area contributed by atoms with Gasteiger partial charge in [-0.1, -0.05) is 18.2 Å². The van der Waals surface area contributed by atoms with Gasteiger partial charge in [0.2, 0.25) is 0 Å². The van der Waals surface area contributed by atoms with E-state index in [2.05, 4.69) is 30.7 Å². The molecule has 0 saturated heterocycles. The van der Waals surface area contributed by atoms with Gasteiger partial charge in [-0.15, -0.1) is 11.3 Å². The highest BCUT2D eigenvalue weighted by Gasteiger charge is 2.16. The molecule has 0 aliphatic rings. The number of hydrogen-bond donors (Lipinski definition) is 4. The summed E-state index contributed by atoms with van der Waals surface area (Å²) in [6.45, 7) is 0.444. The second-order valence-electron chi connectivity index (χ2n) is 6.74. The van der Waals surface area contributed by atoms with E-state index in [0.29, 0.717) is 17.9 Å². The fraction of sp³-hybridized carbons (Fsp3) is 0.0476. The Morgan fingerprint density at radius 3 is 2.90 bits per heavy atom. The van der Waals surface area contributed by atoms with Crippen LogP contribution in [0.3, 0.4) is 0 Å². The average molecular weight is 415 g/mol. The third-order valence-corrected chi connectivity index (χ3v) is 5.67. The number of amides is 1. The zero-order valence-electron chi connectivity index (χ0n) is 15.7. The molecule has 5 rings (SSSR count). The van der Waals surface area contributed by atoms with E-state index in [1.165, 1.54) is 11.3 Å². The smallest absolute Gasteiger partial charge is 0.275 e. The average Bonchev–Trinajstić information content (AvgIpc) is 3.54. The van der Waals surface area contributed by atoms with Crippen molar-refractivity contribution in [1.29, 1.82) is 0 Å². The third kappa shape index (κ3) is 3.36. The molecule has 0 unspecified atom stereocenters. The van der Waals surface area contributed by atoms with Gasteiger partial charge < -0.3 is 11.1 Å². The Morgan fingerprint density at radius 2 is 2.07 bits per heavy atom. The number of thiazole rings is 1. The van der Waals surface area contributed by atoms with Crippen molar-refractivity contribution in [3.05, 3.63) is 71.6 Å². The Hall–Kier alpha value is -3.82. The minimum Gasteiger partial charge on any atom is -0.326 e. The molecule has 0 radical (unpaired) electrons. The summed E-state index contributed by atoms with van der Waals surface area (Å²) < 4.78 is 0.